The summed E-state index contributed by atoms with van der Waals surface area (Å²) < 4.78 is 37.3. The van der Waals surface area contributed by atoms with Crippen LogP contribution in [0.2, 0.25) is 0 Å². The standard InChI is InChI=1S/C13H18F3NO/c1-3-8-17(9-13(14,15)16)12-6-4-11(5-7-12)10(2)18/h4-7,10,18H,3,8-9H2,1-2H3/t10-/m0/s1. The quantitative estimate of drug-likeness (QED) is 0.876. The summed E-state index contributed by atoms with van der Waals surface area (Å²) in [5, 5.41) is 9.35. The van der Waals surface area contributed by atoms with Crippen LogP contribution in [0.5, 0.6) is 0 Å². The number of nitrogens with zero attached hydrogens (tertiary/aromatic N) is 1. The molecule has 0 saturated heterocycles. The van der Waals surface area contributed by atoms with Crippen molar-refractivity contribution in [2.24, 2.45) is 0 Å². The van der Waals surface area contributed by atoms with Gasteiger partial charge in [-0.05, 0) is 31.0 Å². The molecular weight excluding hydrogens is 243 g/mol. The molecule has 0 radical (unpaired) electrons. The van der Waals surface area contributed by atoms with Gasteiger partial charge < -0.3 is 10.0 Å². The molecule has 1 atom stereocenters. The Balaban J connectivity index is 2.85. The fourth-order valence-electron chi connectivity index (χ4n) is 1.75. The highest BCUT2D eigenvalue weighted by Crippen LogP contribution is 2.24. The molecule has 18 heavy (non-hydrogen) atoms. The second kappa shape index (κ2) is 6.09. The van der Waals surface area contributed by atoms with Crippen molar-refractivity contribution in [1.29, 1.82) is 0 Å². The van der Waals surface area contributed by atoms with Gasteiger partial charge in [0.15, 0.2) is 0 Å². The number of alkyl halides is 3. The molecule has 0 amide bonds. The normalized spacial score (nSPS) is 13.4. The molecule has 5 heteroatoms. The van der Waals surface area contributed by atoms with Gasteiger partial charge in [-0.1, -0.05) is 19.1 Å². The Hall–Kier alpha value is -1.23. The number of aliphatic hydroxyl groups is 1. The minimum atomic E-state index is -4.21. The van der Waals surface area contributed by atoms with Crippen molar-refractivity contribution in [3.05, 3.63) is 29.8 Å². The zero-order valence-corrected chi connectivity index (χ0v) is 10.5. The second-order valence-electron chi connectivity index (χ2n) is 4.30. The third kappa shape index (κ3) is 4.56. The van der Waals surface area contributed by atoms with Crippen molar-refractivity contribution in [3.63, 3.8) is 0 Å². The van der Waals surface area contributed by atoms with Gasteiger partial charge in [-0.25, -0.2) is 0 Å². The highest BCUT2D eigenvalue weighted by molar-refractivity contribution is 5.48. The van der Waals surface area contributed by atoms with Gasteiger partial charge in [0.1, 0.15) is 6.54 Å². The number of halogens is 3. The molecule has 1 aromatic rings. The Morgan fingerprint density at radius 2 is 1.78 bits per heavy atom. The van der Waals surface area contributed by atoms with Crippen LogP contribution in [0.3, 0.4) is 0 Å². The zero-order valence-electron chi connectivity index (χ0n) is 10.5. The van der Waals surface area contributed by atoms with E-state index in [2.05, 4.69) is 0 Å². The molecule has 0 bridgehead atoms. The fraction of sp³-hybridized carbons (Fsp3) is 0.538. The number of rotatable bonds is 5. The van der Waals surface area contributed by atoms with Crippen molar-refractivity contribution < 1.29 is 18.3 Å². The summed E-state index contributed by atoms with van der Waals surface area (Å²) in [7, 11) is 0. The molecule has 0 fully saturated rings. The van der Waals surface area contributed by atoms with Crippen molar-refractivity contribution in [2.45, 2.75) is 32.5 Å². The number of benzene rings is 1. The molecule has 0 aliphatic rings. The fourth-order valence-corrected chi connectivity index (χ4v) is 1.75. The molecule has 1 N–H and O–H groups in total. The highest BCUT2D eigenvalue weighted by atomic mass is 19.4. The molecule has 0 spiro atoms. The van der Waals surface area contributed by atoms with E-state index in [0.717, 1.165) is 0 Å². The van der Waals surface area contributed by atoms with Crippen LogP contribution in [-0.4, -0.2) is 24.4 Å². The number of aliphatic hydroxyl groups excluding tert-OH is 1. The summed E-state index contributed by atoms with van der Waals surface area (Å²) >= 11 is 0. The summed E-state index contributed by atoms with van der Waals surface area (Å²) in [4.78, 5) is 1.30. The summed E-state index contributed by atoms with van der Waals surface area (Å²) in [5.41, 5.74) is 1.22. The van der Waals surface area contributed by atoms with Crippen molar-refractivity contribution in [3.8, 4) is 0 Å². The van der Waals surface area contributed by atoms with Crippen molar-refractivity contribution in [1.82, 2.24) is 0 Å². The summed E-state index contributed by atoms with van der Waals surface area (Å²) in [5.74, 6) is 0. The summed E-state index contributed by atoms with van der Waals surface area (Å²) in [6.07, 6.45) is -4.17. The molecule has 0 unspecified atom stereocenters. The van der Waals surface area contributed by atoms with E-state index in [9.17, 15) is 18.3 Å². The van der Waals surface area contributed by atoms with Gasteiger partial charge in [-0.3, -0.25) is 0 Å². The van der Waals surface area contributed by atoms with E-state index < -0.39 is 18.8 Å². The first-order chi connectivity index (χ1) is 8.33. The van der Waals surface area contributed by atoms with Crippen molar-refractivity contribution >= 4 is 5.69 Å². The average Bonchev–Trinajstić information content (AvgIpc) is 2.27. The lowest BCUT2D eigenvalue weighted by atomic mass is 10.1. The Kier molecular flexibility index (Phi) is 5.02. The Morgan fingerprint density at radius 3 is 2.17 bits per heavy atom. The van der Waals surface area contributed by atoms with E-state index in [1.54, 1.807) is 31.2 Å². The predicted octanol–water partition coefficient (Wildman–Crippen LogP) is 3.52. The van der Waals surface area contributed by atoms with Crippen LogP contribution in [0.25, 0.3) is 0 Å². The van der Waals surface area contributed by atoms with Crippen LogP contribution in [0.1, 0.15) is 31.9 Å². The first-order valence-corrected chi connectivity index (χ1v) is 5.93. The van der Waals surface area contributed by atoms with E-state index in [4.69, 9.17) is 0 Å². The molecule has 0 aliphatic carbocycles. The van der Waals surface area contributed by atoms with Crippen LogP contribution < -0.4 is 4.90 Å². The van der Waals surface area contributed by atoms with Gasteiger partial charge >= 0.3 is 6.18 Å². The van der Waals surface area contributed by atoms with Gasteiger partial charge in [0.25, 0.3) is 0 Å². The molecular formula is C13H18F3NO. The Labute approximate surface area is 105 Å². The SMILES string of the molecule is CCCN(CC(F)(F)F)c1ccc([C@H](C)O)cc1. The molecule has 0 heterocycles. The topological polar surface area (TPSA) is 23.5 Å². The monoisotopic (exact) mass is 261 g/mol. The van der Waals surface area contributed by atoms with Crippen molar-refractivity contribution in [2.75, 3.05) is 18.0 Å². The first kappa shape index (κ1) is 14.8. The summed E-state index contributed by atoms with van der Waals surface area (Å²) in [6, 6.07) is 6.53. The van der Waals surface area contributed by atoms with Gasteiger partial charge in [-0.2, -0.15) is 13.2 Å². The minimum Gasteiger partial charge on any atom is -0.389 e. The largest absolute Gasteiger partial charge is 0.405 e. The lowest BCUT2D eigenvalue weighted by Crippen LogP contribution is -2.34. The minimum absolute atomic E-state index is 0.355. The maximum absolute atomic E-state index is 12.4. The molecule has 0 aromatic heterocycles. The van der Waals surface area contributed by atoms with E-state index >= 15 is 0 Å². The van der Waals surface area contributed by atoms with Gasteiger partial charge in [0.2, 0.25) is 0 Å². The molecule has 0 saturated carbocycles. The second-order valence-corrected chi connectivity index (χ2v) is 4.30. The first-order valence-electron chi connectivity index (χ1n) is 5.93. The zero-order chi connectivity index (χ0) is 13.8. The molecule has 0 aliphatic heterocycles. The van der Waals surface area contributed by atoms with Gasteiger partial charge in [0.05, 0.1) is 6.10 Å². The third-order valence-electron chi connectivity index (χ3n) is 2.60. The Bertz CT molecular complexity index is 359. The summed E-state index contributed by atoms with van der Waals surface area (Å²) in [6.45, 7) is 2.87. The van der Waals surface area contributed by atoms with Crippen LogP contribution in [0.15, 0.2) is 24.3 Å². The van der Waals surface area contributed by atoms with E-state index in [-0.39, 0.29) is 0 Å². The molecule has 102 valence electrons. The van der Waals surface area contributed by atoms with Gasteiger partial charge in [0, 0.05) is 12.2 Å². The van der Waals surface area contributed by atoms with Crippen LogP contribution >= 0.6 is 0 Å². The predicted molar refractivity (Wildman–Crippen MR) is 65.6 cm³/mol. The molecule has 2 nitrogen and oxygen atoms in total. The lowest BCUT2D eigenvalue weighted by molar-refractivity contribution is -0.119. The van der Waals surface area contributed by atoms with Crippen LogP contribution in [0, 0.1) is 0 Å². The van der Waals surface area contributed by atoms with E-state index in [1.165, 1.54) is 4.90 Å². The maximum Gasteiger partial charge on any atom is 0.405 e. The highest BCUT2D eigenvalue weighted by Gasteiger charge is 2.30. The number of hydrogen-bond acceptors (Lipinski definition) is 2. The van der Waals surface area contributed by atoms with E-state index in [1.807, 2.05) is 6.92 Å². The molecule has 1 aromatic carbocycles. The Morgan fingerprint density at radius 1 is 1.22 bits per heavy atom. The van der Waals surface area contributed by atoms with Gasteiger partial charge in [-0.15, -0.1) is 0 Å². The maximum atomic E-state index is 12.4. The average molecular weight is 261 g/mol. The lowest BCUT2D eigenvalue weighted by Gasteiger charge is -2.25. The van der Waals surface area contributed by atoms with Crippen LogP contribution in [-0.2, 0) is 0 Å². The van der Waals surface area contributed by atoms with Crippen LogP contribution in [0.4, 0.5) is 18.9 Å². The third-order valence-corrected chi connectivity index (χ3v) is 2.60. The number of hydrogen-bond donors (Lipinski definition) is 1. The molecule has 1 rings (SSSR count). The number of anilines is 1. The van der Waals surface area contributed by atoms with E-state index in [0.29, 0.717) is 24.2 Å². The smallest absolute Gasteiger partial charge is 0.389 e.